The molecule has 2 atom stereocenters. The molecule has 46 heavy (non-hydrogen) atoms. The SMILES string of the molecule is COc1ccc(CN(c2ccon2)S(=O)(=O)c2ccc3c(ccc(=O)n3-c3cc(C#N)c([C@H]4C[C@@H]4C(F)(F)F)cc3OC)c2)cc1. The first-order chi connectivity index (χ1) is 22.0. The second-order valence-electron chi connectivity index (χ2n) is 10.7. The van der Waals surface area contributed by atoms with Gasteiger partial charge < -0.3 is 14.0 Å². The van der Waals surface area contributed by atoms with E-state index in [4.69, 9.17) is 14.0 Å². The van der Waals surface area contributed by atoms with Crippen molar-refractivity contribution in [1.29, 1.82) is 5.26 Å². The summed E-state index contributed by atoms with van der Waals surface area (Å²) in [5, 5.41) is 14.0. The van der Waals surface area contributed by atoms with Gasteiger partial charge >= 0.3 is 6.18 Å². The molecule has 1 aliphatic rings. The summed E-state index contributed by atoms with van der Waals surface area (Å²) in [4.78, 5) is 13.1. The van der Waals surface area contributed by atoms with Crippen LogP contribution in [0.3, 0.4) is 0 Å². The van der Waals surface area contributed by atoms with Crippen molar-refractivity contribution in [3.05, 3.63) is 106 Å². The molecule has 2 aromatic heterocycles. The molecule has 236 valence electrons. The maximum absolute atomic E-state index is 14.0. The molecule has 0 radical (unpaired) electrons. The number of nitriles is 1. The predicted molar refractivity (Wildman–Crippen MR) is 161 cm³/mol. The lowest BCUT2D eigenvalue weighted by molar-refractivity contribution is -0.148. The highest BCUT2D eigenvalue weighted by Crippen LogP contribution is 2.57. The average Bonchev–Trinajstić information content (AvgIpc) is 3.69. The number of anilines is 1. The topological polar surface area (TPSA) is 128 Å². The molecule has 3 aromatic carbocycles. The molecule has 5 aromatic rings. The highest BCUT2D eigenvalue weighted by Gasteiger charge is 2.56. The van der Waals surface area contributed by atoms with E-state index >= 15 is 0 Å². The quantitative estimate of drug-likeness (QED) is 0.192. The third kappa shape index (κ3) is 5.54. The van der Waals surface area contributed by atoms with Crippen molar-refractivity contribution in [2.24, 2.45) is 5.92 Å². The lowest BCUT2D eigenvalue weighted by atomic mass is 10.0. The molecule has 1 aliphatic carbocycles. The van der Waals surface area contributed by atoms with Gasteiger partial charge in [-0.25, -0.2) is 12.7 Å². The van der Waals surface area contributed by atoms with E-state index < -0.39 is 33.6 Å². The van der Waals surface area contributed by atoms with E-state index in [1.54, 1.807) is 24.3 Å². The third-order valence-electron chi connectivity index (χ3n) is 7.94. The van der Waals surface area contributed by atoms with Gasteiger partial charge in [0.15, 0.2) is 5.82 Å². The minimum absolute atomic E-state index is 0.0163. The number of sulfonamides is 1. The number of pyridine rings is 1. The van der Waals surface area contributed by atoms with Gasteiger partial charge in [-0.15, -0.1) is 0 Å². The number of ether oxygens (including phenoxy) is 2. The Bertz CT molecular complexity index is 2140. The van der Waals surface area contributed by atoms with Crippen LogP contribution >= 0.6 is 0 Å². The fraction of sp³-hybridized carbons (Fsp3) is 0.219. The molecular weight excluding hydrogens is 625 g/mol. The van der Waals surface area contributed by atoms with E-state index in [-0.39, 0.29) is 51.8 Å². The van der Waals surface area contributed by atoms with Crippen LogP contribution in [0.15, 0.2) is 93.3 Å². The molecule has 1 fully saturated rings. The second-order valence-corrected chi connectivity index (χ2v) is 12.5. The maximum Gasteiger partial charge on any atom is 0.392 e. The highest BCUT2D eigenvalue weighted by molar-refractivity contribution is 7.92. The second kappa shape index (κ2) is 11.6. The Morgan fingerprint density at radius 2 is 1.80 bits per heavy atom. The van der Waals surface area contributed by atoms with Crippen molar-refractivity contribution in [3.63, 3.8) is 0 Å². The first kappa shape index (κ1) is 30.7. The lowest BCUT2D eigenvalue weighted by Crippen LogP contribution is -2.31. The molecule has 1 saturated carbocycles. The number of hydrogen-bond acceptors (Lipinski definition) is 8. The Morgan fingerprint density at radius 1 is 1.04 bits per heavy atom. The molecule has 0 saturated heterocycles. The van der Waals surface area contributed by atoms with Gasteiger partial charge in [-0.1, -0.05) is 17.3 Å². The van der Waals surface area contributed by atoms with Crippen molar-refractivity contribution in [3.8, 4) is 23.3 Å². The first-order valence-corrected chi connectivity index (χ1v) is 15.3. The van der Waals surface area contributed by atoms with Crippen molar-refractivity contribution < 1.29 is 35.6 Å². The standard InChI is InChI=1S/C32H25F3N4O6S/c1-43-22-6-3-19(4-7-22)18-38(30-11-12-45-37-30)46(41,42)23-8-9-27-20(13-23)5-10-31(40)39(27)28-14-21(17-36)24(16-29(28)44-2)25-15-26(25)32(33,34)35/h3-14,16,25-26H,15,18H2,1-2H3/t25-,26+/m1/s1. The molecule has 0 bridgehead atoms. The number of fused-ring (bicyclic) bond motifs is 1. The fourth-order valence-corrected chi connectivity index (χ4v) is 6.94. The van der Waals surface area contributed by atoms with Crippen molar-refractivity contribution in [2.75, 3.05) is 18.5 Å². The molecule has 0 spiro atoms. The zero-order valence-corrected chi connectivity index (χ0v) is 25.2. The summed E-state index contributed by atoms with van der Waals surface area (Å²) in [6.07, 6.45) is -3.28. The number of methoxy groups -OCH3 is 2. The number of nitrogens with zero attached hydrogens (tertiary/aromatic N) is 4. The summed E-state index contributed by atoms with van der Waals surface area (Å²) in [6, 6.07) is 19.8. The Labute approximate surface area is 260 Å². The predicted octanol–water partition coefficient (Wildman–Crippen LogP) is 5.93. The van der Waals surface area contributed by atoms with Crippen LogP contribution < -0.4 is 19.3 Å². The van der Waals surface area contributed by atoms with Gasteiger partial charge in [-0.05, 0) is 72.0 Å². The third-order valence-corrected chi connectivity index (χ3v) is 9.69. The summed E-state index contributed by atoms with van der Waals surface area (Å²) in [6.45, 7) is -0.0763. The molecule has 0 N–H and O–H groups in total. The smallest absolute Gasteiger partial charge is 0.392 e. The van der Waals surface area contributed by atoms with Crippen LogP contribution in [0.2, 0.25) is 0 Å². The van der Waals surface area contributed by atoms with Gasteiger partial charge in [0, 0.05) is 17.5 Å². The molecule has 6 rings (SSSR count). The zero-order chi connectivity index (χ0) is 32.8. The molecule has 0 unspecified atom stereocenters. The van der Waals surface area contributed by atoms with Gasteiger partial charge in [-0.2, -0.15) is 18.4 Å². The molecule has 14 heteroatoms. The van der Waals surface area contributed by atoms with Crippen LogP contribution in [0.5, 0.6) is 11.5 Å². The van der Waals surface area contributed by atoms with E-state index in [1.807, 2.05) is 6.07 Å². The van der Waals surface area contributed by atoms with E-state index in [1.165, 1.54) is 73.6 Å². The van der Waals surface area contributed by atoms with E-state index in [0.717, 1.165) is 4.31 Å². The normalized spacial score (nSPS) is 16.2. The van der Waals surface area contributed by atoms with Gasteiger partial charge in [0.05, 0.1) is 54.4 Å². The monoisotopic (exact) mass is 650 g/mol. The van der Waals surface area contributed by atoms with Gasteiger partial charge in [0.2, 0.25) is 0 Å². The first-order valence-electron chi connectivity index (χ1n) is 13.9. The summed E-state index contributed by atoms with van der Waals surface area (Å²) < 4.78 is 86.0. The van der Waals surface area contributed by atoms with Gasteiger partial charge in [-0.3, -0.25) is 9.36 Å². The summed E-state index contributed by atoms with van der Waals surface area (Å²) in [7, 11) is -1.40. The highest BCUT2D eigenvalue weighted by atomic mass is 32.2. The van der Waals surface area contributed by atoms with Crippen LogP contribution in [0.25, 0.3) is 16.6 Å². The van der Waals surface area contributed by atoms with Crippen LogP contribution in [0.1, 0.15) is 29.0 Å². The Morgan fingerprint density at radius 3 is 2.41 bits per heavy atom. The maximum atomic E-state index is 14.0. The van der Waals surface area contributed by atoms with Crippen molar-refractivity contribution in [1.82, 2.24) is 9.72 Å². The number of benzene rings is 3. The Hall–Kier alpha value is -5.29. The van der Waals surface area contributed by atoms with Crippen LogP contribution in [-0.2, 0) is 16.6 Å². The van der Waals surface area contributed by atoms with Gasteiger partial charge in [0.25, 0.3) is 15.6 Å². The number of rotatable bonds is 9. The summed E-state index contributed by atoms with van der Waals surface area (Å²) in [5.74, 6) is -1.70. The summed E-state index contributed by atoms with van der Waals surface area (Å²) >= 11 is 0. The van der Waals surface area contributed by atoms with Crippen LogP contribution in [0.4, 0.5) is 19.0 Å². The average molecular weight is 651 g/mol. The number of hydrogen-bond donors (Lipinski definition) is 0. The fourth-order valence-electron chi connectivity index (χ4n) is 5.51. The van der Waals surface area contributed by atoms with Crippen LogP contribution in [-0.4, -0.2) is 38.5 Å². The number of halogens is 3. The van der Waals surface area contributed by atoms with Crippen molar-refractivity contribution in [2.45, 2.75) is 30.0 Å². The summed E-state index contributed by atoms with van der Waals surface area (Å²) in [5.41, 5.74) is 0.709. The van der Waals surface area contributed by atoms with Crippen molar-refractivity contribution >= 4 is 26.7 Å². The minimum atomic E-state index is -4.40. The zero-order valence-electron chi connectivity index (χ0n) is 24.4. The molecular formula is C32H25F3N4O6S. The van der Waals surface area contributed by atoms with E-state index in [0.29, 0.717) is 16.7 Å². The van der Waals surface area contributed by atoms with Gasteiger partial charge in [0.1, 0.15) is 17.8 Å². The lowest BCUT2D eigenvalue weighted by Gasteiger charge is -2.22. The molecule has 0 aliphatic heterocycles. The molecule has 2 heterocycles. The molecule has 10 nitrogen and oxygen atoms in total. The number of aromatic nitrogens is 2. The number of alkyl halides is 3. The Kier molecular flexibility index (Phi) is 7.73. The van der Waals surface area contributed by atoms with E-state index in [2.05, 4.69) is 5.16 Å². The molecule has 0 amide bonds. The Balaban J connectivity index is 1.43. The largest absolute Gasteiger partial charge is 0.497 e. The van der Waals surface area contributed by atoms with E-state index in [9.17, 15) is 31.6 Å². The van der Waals surface area contributed by atoms with Crippen LogP contribution in [0, 0.1) is 17.2 Å². The minimum Gasteiger partial charge on any atom is -0.497 e.